The third-order valence-electron chi connectivity index (χ3n) is 11.0. The number of hydrogen-bond acceptors (Lipinski definition) is 5. The Balaban J connectivity index is 1.56. The van der Waals surface area contributed by atoms with Gasteiger partial charge < -0.3 is 20.7 Å². The van der Waals surface area contributed by atoms with Gasteiger partial charge >= 0.3 is 5.97 Å². The number of amides is 2. The molecular weight excluding hydrogens is 466 g/mol. The Morgan fingerprint density at radius 1 is 1.05 bits per heavy atom. The van der Waals surface area contributed by atoms with Crippen LogP contribution in [0.4, 0.5) is 0 Å². The largest absolute Gasteiger partial charge is 0.464 e. The molecule has 1 heterocycles. The summed E-state index contributed by atoms with van der Waals surface area (Å²) in [5.74, 6) is -0.568. The van der Waals surface area contributed by atoms with E-state index in [1.807, 2.05) is 20.8 Å². The highest BCUT2D eigenvalue weighted by molar-refractivity contribution is 5.93. The Bertz CT molecular complexity index is 884. The number of unbranched alkanes of at least 4 members (excludes halogenated alkanes) is 1. The van der Waals surface area contributed by atoms with Gasteiger partial charge in [-0.15, -0.1) is 0 Å². The molecule has 210 valence electrons. The molecular formula is C30H51N3O4. The highest BCUT2D eigenvalue weighted by Gasteiger charge is 2.85. The topological polar surface area (TPSA) is 102 Å². The zero-order valence-electron chi connectivity index (χ0n) is 24.2. The summed E-state index contributed by atoms with van der Waals surface area (Å²) >= 11 is 0. The monoisotopic (exact) mass is 517 g/mol. The molecule has 0 aromatic carbocycles. The maximum absolute atomic E-state index is 14.3. The van der Waals surface area contributed by atoms with Gasteiger partial charge in [0.15, 0.2) is 0 Å². The van der Waals surface area contributed by atoms with E-state index in [2.05, 4.69) is 26.1 Å². The smallest absolute Gasteiger partial charge is 0.328 e. The van der Waals surface area contributed by atoms with Crippen LogP contribution < -0.4 is 11.1 Å². The lowest BCUT2D eigenvalue weighted by atomic mass is 9.73. The number of fused-ring (bicyclic) bond motifs is 1. The number of esters is 1. The summed E-state index contributed by atoms with van der Waals surface area (Å²) < 4.78 is 5.68. The molecule has 0 bridgehead atoms. The van der Waals surface area contributed by atoms with E-state index < -0.39 is 23.5 Å². The van der Waals surface area contributed by atoms with Crippen molar-refractivity contribution in [1.82, 2.24) is 10.2 Å². The molecule has 0 aromatic heterocycles. The van der Waals surface area contributed by atoms with E-state index in [0.29, 0.717) is 19.6 Å². The maximum Gasteiger partial charge on any atom is 0.328 e. The predicted molar refractivity (Wildman–Crippen MR) is 144 cm³/mol. The number of likely N-dealkylation sites (tertiary alicyclic amines) is 1. The summed E-state index contributed by atoms with van der Waals surface area (Å²) in [6, 6.07) is -1.97. The first kappa shape index (κ1) is 28.4. The van der Waals surface area contributed by atoms with Gasteiger partial charge in [-0.05, 0) is 60.7 Å². The van der Waals surface area contributed by atoms with Crippen LogP contribution in [-0.2, 0) is 19.1 Å². The minimum atomic E-state index is -0.755. The number of nitrogens with two attached hydrogens (primary N) is 1. The summed E-state index contributed by atoms with van der Waals surface area (Å²) in [5, 5.41) is 3.05. The average molecular weight is 518 g/mol. The molecule has 4 atom stereocenters. The summed E-state index contributed by atoms with van der Waals surface area (Å²) in [6.07, 6.45) is 11.3. The average Bonchev–Trinajstić information content (AvgIpc) is 3.06. The Labute approximate surface area is 224 Å². The lowest BCUT2D eigenvalue weighted by molar-refractivity contribution is -0.155. The van der Waals surface area contributed by atoms with E-state index in [1.165, 1.54) is 12.8 Å². The highest BCUT2D eigenvalue weighted by Crippen LogP contribution is 2.88. The summed E-state index contributed by atoms with van der Waals surface area (Å²) in [4.78, 5) is 42.7. The summed E-state index contributed by atoms with van der Waals surface area (Å²) in [6.45, 7) is 13.5. The normalized spacial score (nSPS) is 30.0. The summed E-state index contributed by atoms with van der Waals surface area (Å²) in [7, 11) is 0. The minimum absolute atomic E-state index is 0.0622. The second-order valence-electron chi connectivity index (χ2n) is 14.1. The molecule has 3 N–H and O–H groups in total. The third-order valence-corrected chi connectivity index (χ3v) is 11.0. The fraction of sp³-hybridized carbons (Fsp3) is 0.900. The second kappa shape index (κ2) is 10.2. The van der Waals surface area contributed by atoms with E-state index in [4.69, 9.17) is 10.5 Å². The number of nitrogens with one attached hydrogen (secondary N) is 1. The first-order valence-corrected chi connectivity index (χ1v) is 14.9. The van der Waals surface area contributed by atoms with Crippen LogP contribution in [0.25, 0.3) is 0 Å². The molecule has 4 aliphatic rings. The highest BCUT2D eigenvalue weighted by atomic mass is 16.5. The van der Waals surface area contributed by atoms with Gasteiger partial charge in [0, 0.05) is 12.0 Å². The molecule has 37 heavy (non-hydrogen) atoms. The molecule has 4 fully saturated rings. The molecule has 0 radical (unpaired) electrons. The van der Waals surface area contributed by atoms with Gasteiger partial charge in [-0.25, -0.2) is 4.79 Å². The molecule has 2 spiro atoms. The lowest BCUT2D eigenvalue weighted by Crippen LogP contribution is -2.60. The SMILES string of the molecule is CCCCOC(=O)C1CC2(CN1C(=O)C(NC(=O)C(N)C1CCCCC1)C(C)(C)C)C(C)(C)C21CCC1. The van der Waals surface area contributed by atoms with E-state index in [-0.39, 0.29) is 39.9 Å². The van der Waals surface area contributed by atoms with Gasteiger partial charge in [-0.1, -0.05) is 73.6 Å². The number of ether oxygens (including phenoxy) is 1. The van der Waals surface area contributed by atoms with Crippen molar-refractivity contribution >= 4 is 17.8 Å². The molecule has 4 unspecified atom stereocenters. The van der Waals surface area contributed by atoms with E-state index in [0.717, 1.165) is 51.4 Å². The first-order chi connectivity index (χ1) is 17.3. The minimum Gasteiger partial charge on any atom is -0.464 e. The number of carbonyl (C=O) groups excluding carboxylic acids is 3. The van der Waals surface area contributed by atoms with Gasteiger partial charge in [0.25, 0.3) is 0 Å². The van der Waals surface area contributed by atoms with E-state index in [1.54, 1.807) is 4.90 Å². The Kier molecular flexibility index (Phi) is 7.79. The Morgan fingerprint density at radius 2 is 1.70 bits per heavy atom. The molecule has 2 amide bonds. The van der Waals surface area contributed by atoms with Crippen LogP contribution in [0.5, 0.6) is 0 Å². The second-order valence-corrected chi connectivity index (χ2v) is 14.1. The van der Waals surface area contributed by atoms with Crippen LogP contribution in [0.1, 0.15) is 112 Å². The van der Waals surface area contributed by atoms with Gasteiger partial charge in [0.05, 0.1) is 12.6 Å². The molecule has 4 rings (SSSR count). The first-order valence-electron chi connectivity index (χ1n) is 14.9. The fourth-order valence-electron chi connectivity index (χ4n) is 8.21. The van der Waals surface area contributed by atoms with Gasteiger partial charge in [-0.2, -0.15) is 0 Å². The van der Waals surface area contributed by atoms with Crippen LogP contribution in [0.3, 0.4) is 0 Å². The van der Waals surface area contributed by atoms with E-state index in [9.17, 15) is 14.4 Å². The predicted octanol–water partition coefficient (Wildman–Crippen LogP) is 4.57. The molecule has 0 aromatic rings. The van der Waals surface area contributed by atoms with Crippen LogP contribution in [0.2, 0.25) is 0 Å². The standard InChI is InChI=1S/C30H51N3O4/c1-7-8-17-37-26(36)21-18-30(28(5,6)29(30)15-12-16-29)19-33(21)25(35)23(27(2,3)4)32-24(34)22(31)20-13-10-9-11-14-20/h20-23H,7-19,31H2,1-6H3,(H,32,34). The molecule has 7 heteroatoms. The van der Waals surface area contributed by atoms with Crippen molar-refractivity contribution in [1.29, 1.82) is 0 Å². The number of carbonyl (C=O) groups is 3. The van der Waals surface area contributed by atoms with Crippen LogP contribution in [-0.4, -0.2) is 54.0 Å². The molecule has 7 nitrogen and oxygen atoms in total. The molecule has 1 aliphatic heterocycles. The molecule has 3 saturated carbocycles. The number of rotatable bonds is 8. The van der Waals surface area contributed by atoms with Crippen molar-refractivity contribution < 1.29 is 19.1 Å². The zero-order chi connectivity index (χ0) is 27.2. The van der Waals surface area contributed by atoms with Crippen molar-refractivity contribution in [3.63, 3.8) is 0 Å². The molecule has 1 saturated heterocycles. The fourth-order valence-corrected chi connectivity index (χ4v) is 8.21. The van der Waals surface area contributed by atoms with Crippen molar-refractivity contribution in [2.75, 3.05) is 13.2 Å². The van der Waals surface area contributed by atoms with Crippen LogP contribution >= 0.6 is 0 Å². The Hall–Kier alpha value is -1.63. The lowest BCUT2D eigenvalue weighted by Gasteiger charge is -2.37. The van der Waals surface area contributed by atoms with E-state index >= 15 is 0 Å². The zero-order valence-corrected chi connectivity index (χ0v) is 24.2. The number of nitrogens with zero attached hydrogens (tertiary/aromatic N) is 1. The van der Waals surface area contributed by atoms with Gasteiger partial charge in [0.1, 0.15) is 12.1 Å². The van der Waals surface area contributed by atoms with Gasteiger partial charge in [-0.3, -0.25) is 9.59 Å². The van der Waals surface area contributed by atoms with Crippen molar-refractivity contribution in [3.8, 4) is 0 Å². The van der Waals surface area contributed by atoms with Crippen molar-refractivity contribution in [2.45, 2.75) is 130 Å². The third kappa shape index (κ3) is 4.61. The quantitative estimate of drug-likeness (QED) is 0.363. The maximum atomic E-state index is 14.3. The number of hydrogen-bond donors (Lipinski definition) is 2. The van der Waals surface area contributed by atoms with Crippen molar-refractivity contribution in [2.24, 2.45) is 33.3 Å². The van der Waals surface area contributed by atoms with Gasteiger partial charge in [0.2, 0.25) is 11.8 Å². The molecule has 3 aliphatic carbocycles. The van der Waals surface area contributed by atoms with Crippen LogP contribution in [0, 0.1) is 27.6 Å². The van der Waals surface area contributed by atoms with Crippen molar-refractivity contribution in [3.05, 3.63) is 0 Å². The Morgan fingerprint density at radius 3 is 2.22 bits per heavy atom. The van der Waals surface area contributed by atoms with Crippen LogP contribution in [0.15, 0.2) is 0 Å². The summed E-state index contributed by atoms with van der Waals surface area (Å²) in [5.41, 5.74) is 6.12.